The zero-order valence-electron chi connectivity index (χ0n) is 12.5. The molecule has 0 spiro atoms. The van der Waals surface area contributed by atoms with Gasteiger partial charge in [0.15, 0.2) is 11.5 Å². The van der Waals surface area contributed by atoms with E-state index in [0.717, 1.165) is 24.4 Å². The minimum Gasteiger partial charge on any atom is -0.486 e. The summed E-state index contributed by atoms with van der Waals surface area (Å²) in [5, 5.41) is 10.9. The SMILES string of the molecule is CC(O)(c1ccc2c(c1)OCCO2)C(N)CN1CCCC1. The van der Waals surface area contributed by atoms with Gasteiger partial charge in [-0.05, 0) is 50.6 Å². The third kappa shape index (κ3) is 3.00. The van der Waals surface area contributed by atoms with E-state index < -0.39 is 5.60 Å². The third-order valence-electron chi connectivity index (χ3n) is 4.50. The van der Waals surface area contributed by atoms with Crippen LogP contribution >= 0.6 is 0 Å². The van der Waals surface area contributed by atoms with E-state index in [4.69, 9.17) is 15.2 Å². The van der Waals surface area contributed by atoms with Crippen molar-refractivity contribution in [3.05, 3.63) is 23.8 Å². The van der Waals surface area contributed by atoms with Crippen LogP contribution in [0.1, 0.15) is 25.3 Å². The van der Waals surface area contributed by atoms with Crippen molar-refractivity contribution in [1.29, 1.82) is 0 Å². The van der Waals surface area contributed by atoms with Crippen molar-refractivity contribution in [3.8, 4) is 11.5 Å². The van der Waals surface area contributed by atoms with Gasteiger partial charge in [-0.2, -0.15) is 0 Å². The molecule has 3 rings (SSSR count). The average molecular weight is 292 g/mol. The van der Waals surface area contributed by atoms with Crippen LogP contribution in [-0.2, 0) is 5.60 Å². The third-order valence-corrected chi connectivity index (χ3v) is 4.50. The fourth-order valence-electron chi connectivity index (χ4n) is 2.99. The van der Waals surface area contributed by atoms with Gasteiger partial charge in [0, 0.05) is 6.54 Å². The fraction of sp³-hybridized carbons (Fsp3) is 0.625. The molecule has 2 aliphatic heterocycles. The number of benzene rings is 1. The van der Waals surface area contributed by atoms with Crippen LogP contribution in [0.3, 0.4) is 0 Å². The molecule has 116 valence electrons. The molecule has 5 nitrogen and oxygen atoms in total. The Morgan fingerprint density at radius 2 is 1.90 bits per heavy atom. The molecule has 0 saturated carbocycles. The van der Waals surface area contributed by atoms with Crippen LogP contribution in [0.25, 0.3) is 0 Å². The Balaban J connectivity index is 1.76. The van der Waals surface area contributed by atoms with E-state index in [0.29, 0.717) is 25.5 Å². The van der Waals surface area contributed by atoms with Crippen molar-refractivity contribution in [3.63, 3.8) is 0 Å². The molecule has 2 aliphatic rings. The van der Waals surface area contributed by atoms with Crippen molar-refractivity contribution in [2.75, 3.05) is 32.8 Å². The molecule has 0 aliphatic carbocycles. The predicted molar refractivity (Wildman–Crippen MR) is 80.7 cm³/mol. The molecule has 1 aromatic carbocycles. The molecular formula is C16H24N2O3. The van der Waals surface area contributed by atoms with Crippen LogP contribution in [0.5, 0.6) is 11.5 Å². The molecule has 1 aromatic rings. The molecule has 0 radical (unpaired) electrons. The summed E-state index contributed by atoms with van der Waals surface area (Å²) in [6, 6.07) is 5.23. The summed E-state index contributed by atoms with van der Waals surface area (Å²) < 4.78 is 11.1. The van der Waals surface area contributed by atoms with Gasteiger partial charge < -0.3 is 25.2 Å². The Labute approximate surface area is 125 Å². The summed E-state index contributed by atoms with van der Waals surface area (Å²) >= 11 is 0. The van der Waals surface area contributed by atoms with E-state index in [1.165, 1.54) is 12.8 Å². The fourth-order valence-corrected chi connectivity index (χ4v) is 2.99. The smallest absolute Gasteiger partial charge is 0.161 e. The van der Waals surface area contributed by atoms with E-state index in [1.807, 2.05) is 18.2 Å². The first-order valence-corrected chi connectivity index (χ1v) is 7.68. The molecule has 3 N–H and O–H groups in total. The first-order chi connectivity index (χ1) is 10.1. The number of hydrogen-bond acceptors (Lipinski definition) is 5. The van der Waals surface area contributed by atoms with Crippen molar-refractivity contribution in [2.24, 2.45) is 5.73 Å². The summed E-state index contributed by atoms with van der Waals surface area (Å²) in [7, 11) is 0. The standard InChI is InChI=1S/C16H24N2O3/c1-16(19,15(17)11-18-6-2-3-7-18)12-4-5-13-14(10-12)21-9-8-20-13/h4-5,10,15,19H,2-3,6-9,11,17H2,1H3. The number of fused-ring (bicyclic) bond motifs is 1. The van der Waals surface area contributed by atoms with Crippen molar-refractivity contribution < 1.29 is 14.6 Å². The maximum Gasteiger partial charge on any atom is 0.161 e. The summed E-state index contributed by atoms with van der Waals surface area (Å²) in [6.45, 7) is 5.74. The van der Waals surface area contributed by atoms with Gasteiger partial charge in [0.25, 0.3) is 0 Å². The Kier molecular flexibility index (Phi) is 4.06. The molecule has 5 heteroatoms. The summed E-state index contributed by atoms with van der Waals surface area (Å²) in [4.78, 5) is 2.32. The lowest BCUT2D eigenvalue weighted by molar-refractivity contribution is 0.0178. The second-order valence-corrected chi connectivity index (χ2v) is 6.12. The number of aliphatic hydroxyl groups is 1. The van der Waals surface area contributed by atoms with Crippen LogP contribution in [-0.4, -0.2) is 48.9 Å². The first kappa shape index (κ1) is 14.6. The van der Waals surface area contributed by atoms with Crippen LogP contribution in [0.15, 0.2) is 18.2 Å². The molecule has 2 atom stereocenters. The lowest BCUT2D eigenvalue weighted by atomic mass is 9.88. The number of nitrogens with zero attached hydrogens (tertiary/aromatic N) is 1. The van der Waals surface area contributed by atoms with E-state index in [-0.39, 0.29) is 6.04 Å². The Morgan fingerprint density at radius 3 is 2.62 bits per heavy atom. The van der Waals surface area contributed by atoms with Crippen LogP contribution < -0.4 is 15.2 Å². The van der Waals surface area contributed by atoms with Crippen molar-refractivity contribution in [1.82, 2.24) is 4.90 Å². The van der Waals surface area contributed by atoms with Gasteiger partial charge in [-0.1, -0.05) is 6.07 Å². The van der Waals surface area contributed by atoms with Crippen molar-refractivity contribution in [2.45, 2.75) is 31.4 Å². The average Bonchev–Trinajstić information content (AvgIpc) is 2.99. The van der Waals surface area contributed by atoms with Gasteiger partial charge in [0.2, 0.25) is 0 Å². The summed E-state index contributed by atoms with van der Waals surface area (Å²) in [6.07, 6.45) is 2.44. The predicted octanol–water partition coefficient (Wildman–Crippen LogP) is 1.09. The highest BCUT2D eigenvalue weighted by atomic mass is 16.6. The van der Waals surface area contributed by atoms with Gasteiger partial charge >= 0.3 is 0 Å². The minimum atomic E-state index is -1.08. The Morgan fingerprint density at radius 1 is 1.24 bits per heavy atom. The maximum atomic E-state index is 10.9. The van der Waals surface area contributed by atoms with Gasteiger partial charge in [-0.15, -0.1) is 0 Å². The van der Waals surface area contributed by atoms with E-state index in [9.17, 15) is 5.11 Å². The van der Waals surface area contributed by atoms with Gasteiger partial charge in [-0.3, -0.25) is 0 Å². The second kappa shape index (κ2) is 5.83. The Hall–Kier alpha value is -1.30. The van der Waals surface area contributed by atoms with Gasteiger partial charge in [-0.25, -0.2) is 0 Å². The minimum absolute atomic E-state index is 0.335. The lowest BCUT2D eigenvalue weighted by Gasteiger charge is -2.34. The number of ether oxygens (including phenoxy) is 2. The highest BCUT2D eigenvalue weighted by Crippen LogP contribution is 2.35. The maximum absolute atomic E-state index is 10.9. The van der Waals surface area contributed by atoms with E-state index in [1.54, 1.807) is 6.92 Å². The quantitative estimate of drug-likeness (QED) is 0.869. The van der Waals surface area contributed by atoms with E-state index in [2.05, 4.69) is 4.90 Å². The van der Waals surface area contributed by atoms with Gasteiger partial charge in [0.05, 0.1) is 6.04 Å². The number of likely N-dealkylation sites (tertiary alicyclic amines) is 1. The molecule has 0 bridgehead atoms. The van der Waals surface area contributed by atoms with Crippen molar-refractivity contribution >= 4 is 0 Å². The van der Waals surface area contributed by atoms with Crippen LogP contribution in [0.4, 0.5) is 0 Å². The zero-order chi connectivity index (χ0) is 14.9. The molecule has 2 heterocycles. The number of hydrogen-bond donors (Lipinski definition) is 2. The van der Waals surface area contributed by atoms with Crippen LogP contribution in [0, 0.1) is 0 Å². The molecule has 2 unspecified atom stereocenters. The highest BCUT2D eigenvalue weighted by Gasteiger charge is 2.33. The molecule has 1 saturated heterocycles. The molecular weight excluding hydrogens is 268 g/mol. The zero-order valence-corrected chi connectivity index (χ0v) is 12.5. The Bertz CT molecular complexity index is 498. The topological polar surface area (TPSA) is 67.9 Å². The molecule has 1 fully saturated rings. The van der Waals surface area contributed by atoms with Gasteiger partial charge in [0.1, 0.15) is 18.8 Å². The lowest BCUT2D eigenvalue weighted by Crippen LogP contribution is -2.50. The largest absolute Gasteiger partial charge is 0.486 e. The summed E-state index contributed by atoms with van der Waals surface area (Å²) in [5.74, 6) is 1.42. The van der Waals surface area contributed by atoms with Crippen LogP contribution in [0.2, 0.25) is 0 Å². The molecule has 21 heavy (non-hydrogen) atoms. The number of nitrogens with two attached hydrogens (primary N) is 1. The first-order valence-electron chi connectivity index (χ1n) is 7.68. The highest BCUT2D eigenvalue weighted by molar-refractivity contribution is 5.45. The normalized spacial score (nSPS) is 22.8. The summed E-state index contributed by atoms with van der Waals surface area (Å²) in [5.41, 5.74) is 5.97. The molecule has 0 aromatic heterocycles. The monoisotopic (exact) mass is 292 g/mol. The number of rotatable bonds is 4. The molecule has 0 amide bonds. The van der Waals surface area contributed by atoms with E-state index >= 15 is 0 Å². The second-order valence-electron chi connectivity index (χ2n) is 6.12.